The van der Waals surface area contributed by atoms with E-state index in [0.717, 1.165) is 40.9 Å². The second kappa shape index (κ2) is 9.28. The molecule has 32 heavy (non-hydrogen) atoms. The molecule has 8 nitrogen and oxygen atoms in total. The van der Waals surface area contributed by atoms with Gasteiger partial charge in [0.1, 0.15) is 5.82 Å². The van der Waals surface area contributed by atoms with E-state index in [4.69, 9.17) is 9.97 Å². The van der Waals surface area contributed by atoms with Crippen LogP contribution in [0.5, 0.6) is 0 Å². The highest BCUT2D eigenvalue weighted by atomic mass is 32.1. The van der Waals surface area contributed by atoms with E-state index in [2.05, 4.69) is 15.3 Å². The van der Waals surface area contributed by atoms with Crippen molar-refractivity contribution in [3.8, 4) is 11.1 Å². The van der Waals surface area contributed by atoms with E-state index < -0.39 is 0 Å². The van der Waals surface area contributed by atoms with Crippen LogP contribution in [-0.2, 0) is 7.05 Å². The molecule has 4 heterocycles. The number of nitrogens with one attached hydrogen (secondary N) is 1. The van der Waals surface area contributed by atoms with Crippen molar-refractivity contribution in [3.05, 3.63) is 41.0 Å². The van der Waals surface area contributed by atoms with Crippen molar-refractivity contribution in [3.63, 3.8) is 0 Å². The van der Waals surface area contributed by atoms with E-state index in [1.807, 2.05) is 48.1 Å². The van der Waals surface area contributed by atoms with Crippen LogP contribution in [0.3, 0.4) is 0 Å². The summed E-state index contributed by atoms with van der Waals surface area (Å²) in [5.74, 6) is 1.72. The molecular weight excluding hydrogens is 422 g/mol. The Morgan fingerprint density at radius 1 is 1.12 bits per heavy atom. The van der Waals surface area contributed by atoms with Crippen molar-refractivity contribution in [1.82, 2.24) is 24.6 Å². The van der Waals surface area contributed by atoms with Gasteiger partial charge in [-0.3, -0.25) is 9.48 Å². The first-order valence-corrected chi connectivity index (χ1v) is 12.3. The topological polar surface area (TPSA) is 79.2 Å². The Balaban J connectivity index is 1.34. The molecule has 1 saturated carbocycles. The molecule has 3 aromatic rings. The SMILES string of the molecule is Cn1cc(-c2cnc(N3CCN(C(=O)c4cccs4)CC3)nc2NC2CCCCC2)cn1. The molecule has 2 aliphatic rings. The summed E-state index contributed by atoms with van der Waals surface area (Å²) in [7, 11) is 1.92. The van der Waals surface area contributed by atoms with E-state index in [9.17, 15) is 4.79 Å². The van der Waals surface area contributed by atoms with Crippen molar-refractivity contribution in [2.75, 3.05) is 36.4 Å². The van der Waals surface area contributed by atoms with Crippen molar-refractivity contribution in [1.29, 1.82) is 0 Å². The molecule has 1 N–H and O–H groups in total. The Morgan fingerprint density at radius 2 is 1.94 bits per heavy atom. The van der Waals surface area contributed by atoms with Gasteiger partial charge in [-0.15, -0.1) is 11.3 Å². The number of aryl methyl sites for hydroxylation is 1. The lowest BCUT2D eigenvalue weighted by Gasteiger charge is -2.35. The average molecular weight is 452 g/mol. The molecule has 2 fully saturated rings. The lowest BCUT2D eigenvalue weighted by Crippen LogP contribution is -2.49. The highest BCUT2D eigenvalue weighted by Gasteiger charge is 2.25. The number of aromatic nitrogens is 4. The largest absolute Gasteiger partial charge is 0.367 e. The van der Waals surface area contributed by atoms with Gasteiger partial charge in [0.25, 0.3) is 5.91 Å². The van der Waals surface area contributed by atoms with Gasteiger partial charge >= 0.3 is 0 Å². The van der Waals surface area contributed by atoms with Gasteiger partial charge < -0.3 is 15.1 Å². The standard InChI is InChI=1S/C23H29N7OS/c1-28-16-17(14-25-28)19-15-24-23(27-21(19)26-18-6-3-2-4-7-18)30-11-9-29(10-12-30)22(31)20-8-5-13-32-20/h5,8,13-16,18H,2-4,6-7,9-12H2,1H3,(H,24,26,27). The zero-order valence-electron chi connectivity index (χ0n) is 18.4. The van der Waals surface area contributed by atoms with E-state index in [-0.39, 0.29) is 5.91 Å². The Hall–Kier alpha value is -2.94. The Morgan fingerprint density at radius 3 is 2.62 bits per heavy atom. The molecule has 3 aromatic heterocycles. The number of hydrogen-bond donors (Lipinski definition) is 1. The summed E-state index contributed by atoms with van der Waals surface area (Å²) in [6.07, 6.45) is 12.0. The van der Waals surface area contributed by atoms with Gasteiger partial charge in [-0.05, 0) is 24.3 Å². The quantitative estimate of drug-likeness (QED) is 0.638. The lowest BCUT2D eigenvalue weighted by atomic mass is 9.95. The minimum absolute atomic E-state index is 0.118. The first-order valence-electron chi connectivity index (χ1n) is 11.4. The maximum absolute atomic E-state index is 12.7. The van der Waals surface area contributed by atoms with Crippen LogP contribution in [0, 0.1) is 0 Å². The average Bonchev–Trinajstić information content (AvgIpc) is 3.52. The third-order valence-electron chi connectivity index (χ3n) is 6.32. The predicted molar refractivity (Wildman–Crippen MR) is 127 cm³/mol. The summed E-state index contributed by atoms with van der Waals surface area (Å²) in [6.45, 7) is 2.81. The monoisotopic (exact) mass is 451 g/mol. The zero-order valence-corrected chi connectivity index (χ0v) is 19.2. The highest BCUT2D eigenvalue weighted by molar-refractivity contribution is 7.12. The molecule has 0 radical (unpaired) electrons. The van der Waals surface area contributed by atoms with E-state index in [0.29, 0.717) is 19.1 Å². The number of carbonyl (C=O) groups excluding carboxylic acids is 1. The Bertz CT molecular complexity index is 1050. The molecule has 9 heteroatoms. The van der Waals surface area contributed by atoms with Crippen molar-refractivity contribution >= 4 is 29.0 Å². The van der Waals surface area contributed by atoms with Crippen LogP contribution >= 0.6 is 11.3 Å². The van der Waals surface area contributed by atoms with Gasteiger partial charge in [0.05, 0.1) is 11.1 Å². The molecule has 1 aliphatic heterocycles. The van der Waals surface area contributed by atoms with Crippen molar-refractivity contribution in [2.45, 2.75) is 38.1 Å². The zero-order chi connectivity index (χ0) is 21.9. The van der Waals surface area contributed by atoms with Crippen molar-refractivity contribution in [2.24, 2.45) is 7.05 Å². The summed E-state index contributed by atoms with van der Waals surface area (Å²) in [5, 5.41) is 9.98. The summed E-state index contributed by atoms with van der Waals surface area (Å²) >= 11 is 1.50. The molecule has 168 valence electrons. The van der Waals surface area contributed by atoms with Crippen LogP contribution in [0.2, 0.25) is 0 Å². The van der Waals surface area contributed by atoms with Crippen LogP contribution in [0.1, 0.15) is 41.8 Å². The van der Waals surface area contributed by atoms with Gasteiger partial charge in [-0.1, -0.05) is 25.3 Å². The minimum Gasteiger partial charge on any atom is -0.367 e. The van der Waals surface area contributed by atoms with Crippen LogP contribution in [0.15, 0.2) is 36.1 Å². The van der Waals surface area contributed by atoms with Crippen LogP contribution in [0.4, 0.5) is 11.8 Å². The fourth-order valence-electron chi connectivity index (χ4n) is 4.51. The first kappa shape index (κ1) is 20.9. The minimum atomic E-state index is 0.118. The normalized spacial score (nSPS) is 17.5. The number of carbonyl (C=O) groups is 1. The smallest absolute Gasteiger partial charge is 0.264 e. The lowest BCUT2D eigenvalue weighted by molar-refractivity contribution is 0.0751. The molecule has 0 bridgehead atoms. The molecular formula is C23H29N7OS. The number of piperazine rings is 1. The fraction of sp³-hybridized carbons (Fsp3) is 0.478. The van der Waals surface area contributed by atoms with Gasteiger partial charge in [0, 0.05) is 62.8 Å². The van der Waals surface area contributed by atoms with Gasteiger partial charge in [0.15, 0.2) is 0 Å². The van der Waals surface area contributed by atoms with Crippen LogP contribution < -0.4 is 10.2 Å². The van der Waals surface area contributed by atoms with Gasteiger partial charge in [0.2, 0.25) is 5.95 Å². The van der Waals surface area contributed by atoms with Gasteiger partial charge in [-0.2, -0.15) is 10.1 Å². The molecule has 0 atom stereocenters. The molecule has 0 spiro atoms. The predicted octanol–water partition coefficient (Wildman–Crippen LogP) is 3.65. The number of hydrogen-bond acceptors (Lipinski definition) is 7. The maximum atomic E-state index is 12.7. The molecule has 1 saturated heterocycles. The number of rotatable bonds is 5. The molecule has 5 rings (SSSR count). The highest BCUT2D eigenvalue weighted by Crippen LogP contribution is 2.30. The summed E-state index contributed by atoms with van der Waals surface area (Å²) < 4.78 is 1.80. The number of amides is 1. The van der Waals surface area contributed by atoms with Gasteiger partial charge in [-0.25, -0.2) is 4.98 Å². The van der Waals surface area contributed by atoms with E-state index >= 15 is 0 Å². The molecule has 0 aromatic carbocycles. The number of thiophene rings is 1. The number of nitrogens with zero attached hydrogens (tertiary/aromatic N) is 6. The molecule has 1 amide bonds. The van der Waals surface area contributed by atoms with E-state index in [1.54, 1.807) is 4.68 Å². The fourth-order valence-corrected chi connectivity index (χ4v) is 5.20. The summed E-state index contributed by atoms with van der Waals surface area (Å²) in [6, 6.07) is 4.26. The number of anilines is 2. The second-order valence-corrected chi connectivity index (χ2v) is 9.52. The molecule has 1 aliphatic carbocycles. The first-order chi connectivity index (χ1) is 15.7. The third-order valence-corrected chi connectivity index (χ3v) is 7.18. The van der Waals surface area contributed by atoms with E-state index in [1.165, 1.54) is 43.4 Å². The second-order valence-electron chi connectivity index (χ2n) is 8.57. The Kier molecular flexibility index (Phi) is 6.07. The third kappa shape index (κ3) is 4.48. The van der Waals surface area contributed by atoms with Crippen LogP contribution in [0.25, 0.3) is 11.1 Å². The van der Waals surface area contributed by atoms with Crippen LogP contribution in [-0.4, -0.2) is 62.8 Å². The van der Waals surface area contributed by atoms with Crippen molar-refractivity contribution < 1.29 is 4.79 Å². The maximum Gasteiger partial charge on any atom is 0.264 e. The molecule has 0 unspecified atom stereocenters. The Labute approximate surface area is 192 Å². The summed E-state index contributed by atoms with van der Waals surface area (Å²) in [5.41, 5.74) is 2.00. The summed E-state index contributed by atoms with van der Waals surface area (Å²) in [4.78, 5) is 27.2.